The van der Waals surface area contributed by atoms with Gasteiger partial charge < -0.3 is 10.4 Å². The van der Waals surface area contributed by atoms with Gasteiger partial charge in [0.1, 0.15) is 0 Å². The minimum absolute atomic E-state index is 0.322. The van der Waals surface area contributed by atoms with Gasteiger partial charge in [0, 0.05) is 12.6 Å². The van der Waals surface area contributed by atoms with E-state index in [-0.39, 0.29) is 0 Å². The summed E-state index contributed by atoms with van der Waals surface area (Å²) in [5.74, 6) is 1.79. The normalized spacial score (nSPS) is 27.2. The molecule has 1 unspecified atom stereocenters. The molecule has 1 aliphatic rings. The molecule has 1 fully saturated rings. The summed E-state index contributed by atoms with van der Waals surface area (Å²) in [4.78, 5) is 0. The Balaban J connectivity index is 2.16. The van der Waals surface area contributed by atoms with Crippen LogP contribution in [0.15, 0.2) is 0 Å². The lowest BCUT2D eigenvalue weighted by atomic mass is 9.70. The third-order valence-electron chi connectivity index (χ3n) is 4.62. The predicted molar refractivity (Wildman–Crippen MR) is 78.7 cm³/mol. The number of rotatable bonds is 6. The molecule has 18 heavy (non-hydrogen) atoms. The summed E-state index contributed by atoms with van der Waals surface area (Å²) in [7, 11) is 0. The Labute approximate surface area is 114 Å². The highest BCUT2D eigenvalue weighted by Gasteiger charge is 2.29. The molecular formula is C16H33NO. The smallest absolute Gasteiger partial charge is 0.0431 e. The molecule has 108 valence electrons. The summed E-state index contributed by atoms with van der Waals surface area (Å²) in [5, 5.41) is 12.4. The van der Waals surface area contributed by atoms with Gasteiger partial charge in [-0.3, -0.25) is 0 Å². The van der Waals surface area contributed by atoms with Gasteiger partial charge in [-0.2, -0.15) is 0 Å². The molecule has 1 atom stereocenters. The van der Waals surface area contributed by atoms with Gasteiger partial charge in [0.2, 0.25) is 0 Å². The molecule has 0 heterocycles. The van der Waals surface area contributed by atoms with Crippen LogP contribution >= 0.6 is 0 Å². The van der Waals surface area contributed by atoms with Gasteiger partial charge in [0.05, 0.1) is 0 Å². The van der Waals surface area contributed by atoms with E-state index < -0.39 is 0 Å². The van der Waals surface area contributed by atoms with Crippen LogP contribution in [-0.4, -0.2) is 24.3 Å². The zero-order valence-corrected chi connectivity index (χ0v) is 12.8. The highest BCUT2D eigenvalue weighted by Crippen LogP contribution is 2.39. The van der Waals surface area contributed by atoms with Crippen molar-refractivity contribution < 1.29 is 5.11 Å². The first-order chi connectivity index (χ1) is 8.43. The Morgan fingerprint density at radius 2 is 1.78 bits per heavy atom. The van der Waals surface area contributed by atoms with E-state index in [0.717, 1.165) is 24.7 Å². The Kier molecular flexibility index (Phi) is 6.65. The SMILES string of the molecule is CC(CCCO)NCC1CCC(C(C)(C)C)CC1. The average molecular weight is 255 g/mol. The minimum Gasteiger partial charge on any atom is -0.396 e. The maximum Gasteiger partial charge on any atom is 0.0431 e. The maximum atomic E-state index is 8.81. The zero-order chi connectivity index (χ0) is 13.6. The number of aliphatic hydroxyl groups excluding tert-OH is 1. The van der Waals surface area contributed by atoms with Gasteiger partial charge in [-0.25, -0.2) is 0 Å². The van der Waals surface area contributed by atoms with E-state index >= 15 is 0 Å². The number of aliphatic hydroxyl groups is 1. The lowest BCUT2D eigenvalue weighted by Gasteiger charge is -2.37. The molecule has 1 saturated carbocycles. The van der Waals surface area contributed by atoms with Crippen molar-refractivity contribution in [1.82, 2.24) is 5.32 Å². The fourth-order valence-corrected chi connectivity index (χ4v) is 3.10. The summed E-state index contributed by atoms with van der Waals surface area (Å²) in [6, 6.07) is 0.553. The molecule has 0 aromatic rings. The second-order valence-corrected chi connectivity index (χ2v) is 7.26. The number of hydrogen-bond acceptors (Lipinski definition) is 2. The molecule has 0 amide bonds. The summed E-state index contributed by atoms with van der Waals surface area (Å²) in [5.41, 5.74) is 0.493. The van der Waals surface area contributed by atoms with E-state index in [1.165, 1.54) is 32.2 Å². The third kappa shape index (κ3) is 5.71. The largest absolute Gasteiger partial charge is 0.396 e. The van der Waals surface area contributed by atoms with Crippen molar-refractivity contribution in [3.8, 4) is 0 Å². The van der Waals surface area contributed by atoms with Crippen LogP contribution in [-0.2, 0) is 0 Å². The van der Waals surface area contributed by atoms with E-state index in [1.54, 1.807) is 0 Å². The van der Waals surface area contributed by atoms with Crippen molar-refractivity contribution in [2.75, 3.05) is 13.2 Å². The molecule has 0 aromatic heterocycles. The van der Waals surface area contributed by atoms with Crippen LogP contribution in [0.5, 0.6) is 0 Å². The van der Waals surface area contributed by atoms with Crippen molar-refractivity contribution in [2.24, 2.45) is 17.3 Å². The van der Waals surface area contributed by atoms with Gasteiger partial charge in [0.25, 0.3) is 0 Å². The minimum atomic E-state index is 0.322. The highest BCUT2D eigenvalue weighted by molar-refractivity contribution is 4.81. The van der Waals surface area contributed by atoms with Gasteiger partial charge in [0.15, 0.2) is 0 Å². The summed E-state index contributed by atoms with van der Waals surface area (Å²) in [6.07, 6.45) is 7.60. The van der Waals surface area contributed by atoms with E-state index in [1.807, 2.05) is 0 Å². The van der Waals surface area contributed by atoms with Crippen LogP contribution in [0.3, 0.4) is 0 Å². The molecule has 1 rings (SSSR count). The van der Waals surface area contributed by atoms with Crippen LogP contribution in [0.2, 0.25) is 0 Å². The van der Waals surface area contributed by atoms with E-state index in [2.05, 4.69) is 33.0 Å². The van der Waals surface area contributed by atoms with Crippen molar-refractivity contribution in [3.05, 3.63) is 0 Å². The average Bonchev–Trinajstić information content (AvgIpc) is 2.33. The highest BCUT2D eigenvalue weighted by atomic mass is 16.2. The van der Waals surface area contributed by atoms with Crippen molar-refractivity contribution in [1.29, 1.82) is 0 Å². The molecule has 0 saturated heterocycles. The van der Waals surface area contributed by atoms with Gasteiger partial charge in [-0.15, -0.1) is 0 Å². The standard InChI is InChI=1S/C16H33NO/c1-13(6-5-11-18)17-12-14-7-9-15(10-8-14)16(2,3)4/h13-15,17-18H,5-12H2,1-4H3. The van der Waals surface area contributed by atoms with Crippen LogP contribution in [0.1, 0.15) is 66.2 Å². The maximum absolute atomic E-state index is 8.81. The van der Waals surface area contributed by atoms with Crippen LogP contribution in [0, 0.1) is 17.3 Å². The molecule has 0 aromatic carbocycles. The predicted octanol–water partition coefficient (Wildman–Crippen LogP) is 3.59. The van der Waals surface area contributed by atoms with Crippen LogP contribution in [0.25, 0.3) is 0 Å². The van der Waals surface area contributed by atoms with E-state index in [9.17, 15) is 0 Å². The number of nitrogens with one attached hydrogen (secondary N) is 1. The molecule has 0 bridgehead atoms. The molecule has 1 aliphatic carbocycles. The van der Waals surface area contributed by atoms with Crippen molar-refractivity contribution in [3.63, 3.8) is 0 Å². The second kappa shape index (κ2) is 7.49. The van der Waals surface area contributed by atoms with Crippen LogP contribution < -0.4 is 5.32 Å². The van der Waals surface area contributed by atoms with Gasteiger partial charge in [-0.1, -0.05) is 20.8 Å². The van der Waals surface area contributed by atoms with Crippen LogP contribution in [0.4, 0.5) is 0 Å². The fourth-order valence-electron chi connectivity index (χ4n) is 3.10. The molecule has 0 aliphatic heterocycles. The monoisotopic (exact) mass is 255 g/mol. The Bertz CT molecular complexity index is 214. The fraction of sp³-hybridized carbons (Fsp3) is 1.00. The summed E-state index contributed by atoms with van der Waals surface area (Å²) < 4.78 is 0. The summed E-state index contributed by atoms with van der Waals surface area (Å²) >= 11 is 0. The topological polar surface area (TPSA) is 32.3 Å². The quantitative estimate of drug-likeness (QED) is 0.760. The van der Waals surface area contributed by atoms with Crippen molar-refractivity contribution >= 4 is 0 Å². The number of hydrogen-bond donors (Lipinski definition) is 2. The van der Waals surface area contributed by atoms with Gasteiger partial charge >= 0.3 is 0 Å². The van der Waals surface area contributed by atoms with E-state index in [0.29, 0.717) is 18.1 Å². The Morgan fingerprint density at radius 3 is 2.28 bits per heavy atom. The van der Waals surface area contributed by atoms with Gasteiger partial charge in [-0.05, 0) is 69.2 Å². The third-order valence-corrected chi connectivity index (χ3v) is 4.62. The first-order valence-electron chi connectivity index (χ1n) is 7.77. The molecule has 2 nitrogen and oxygen atoms in total. The second-order valence-electron chi connectivity index (χ2n) is 7.26. The molecule has 2 N–H and O–H groups in total. The van der Waals surface area contributed by atoms with E-state index in [4.69, 9.17) is 5.11 Å². The molecular weight excluding hydrogens is 222 g/mol. The first kappa shape index (κ1) is 16.0. The first-order valence-corrected chi connectivity index (χ1v) is 7.77. The Hall–Kier alpha value is -0.0800. The summed E-state index contributed by atoms with van der Waals surface area (Å²) in [6.45, 7) is 10.9. The lowest BCUT2D eigenvalue weighted by Crippen LogP contribution is -2.34. The lowest BCUT2D eigenvalue weighted by molar-refractivity contribution is 0.147. The molecule has 0 spiro atoms. The molecule has 2 heteroatoms. The van der Waals surface area contributed by atoms with Crippen molar-refractivity contribution in [2.45, 2.75) is 72.3 Å². The zero-order valence-electron chi connectivity index (χ0n) is 12.8. The molecule has 0 radical (unpaired) electrons. The Morgan fingerprint density at radius 1 is 1.17 bits per heavy atom.